The minimum atomic E-state index is -0.543. The number of ether oxygens (including phenoxy) is 1. The summed E-state index contributed by atoms with van der Waals surface area (Å²) in [5.41, 5.74) is -0.171. The summed E-state index contributed by atoms with van der Waals surface area (Å²) in [6.07, 6.45) is 0. The maximum absolute atomic E-state index is 13.1. The highest BCUT2D eigenvalue weighted by atomic mass is 79.9. The Morgan fingerprint density at radius 2 is 1.89 bits per heavy atom. The zero-order chi connectivity index (χ0) is 14.0. The summed E-state index contributed by atoms with van der Waals surface area (Å²) in [6, 6.07) is 8.45. The van der Waals surface area contributed by atoms with Crippen molar-refractivity contribution in [2.75, 3.05) is 0 Å². The van der Waals surface area contributed by atoms with E-state index in [0.29, 0.717) is 10.2 Å². The highest BCUT2D eigenvalue weighted by molar-refractivity contribution is 9.10. The molecule has 0 saturated carbocycles. The standard InChI is InChI=1S/C12H6Br2FNO3/c13-7-1-4-12(11(5-7)16(17)18)19-8-2-3-10(15)9(14)6-8/h1-6H. The van der Waals surface area contributed by atoms with Crippen LogP contribution >= 0.6 is 31.9 Å². The summed E-state index contributed by atoms with van der Waals surface area (Å²) < 4.78 is 19.3. The van der Waals surface area contributed by atoms with E-state index >= 15 is 0 Å². The Kier molecular flexibility index (Phi) is 4.16. The maximum Gasteiger partial charge on any atom is 0.312 e. The van der Waals surface area contributed by atoms with Crippen molar-refractivity contribution in [3.8, 4) is 11.5 Å². The van der Waals surface area contributed by atoms with Crippen molar-refractivity contribution in [1.29, 1.82) is 0 Å². The minimum Gasteiger partial charge on any atom is -0.450 e. The van der Waals surface area contributed by atoms with Crippen molar-refractivity contribution in [1.82, 2.24) is 0 Å². The zero-order valence-corrected chi connectivity index (χ0v) is 12.4. The van der Waals surface area contributed by atoms with Gasteiger partial charge >= 0.3 is 5.69 Å². The van der Waals surface area contributed by atoms with Gasteiger partial charge in [0.05, 0.1) is 9.40 Å². The Morgan fingerprint density at radius 1 is 1.16 bits per heavy atom. The number of rotatable bonds is 3. The summed E-state index contributed by atoms with van der Waals surface area (Å²) in [5, 5.41) is 10.9. The molecule has 0 unspecified atom stereocenters. The lowest BCUT2D eigenvalue weighted by molar-refractivity contribution is -0.385. The average Bonchev–Trinajstić information content (AvgIpc) is 2.36. The monoisotopic (exact) mass is 389 g/mol. The maximum atomic E-state index is 13.1. The van der Waals surface area contributed by atoms with Crippen molar-refractivity contribution in [3.63, 3.8) is 0 Å². The van der Waals surface area contributed by atoms with Crippen molar-refractivity contribution in [2.45, 2.75) is 0 Å². The van der Waals surface area contributed by atoms with E-state index in [9.17, 15) is 14.5 Å². The van der Waals surface area contributed by atoms with Crippen LogP contribution in [-0.4, -0.2) is 4.92 Å². The van der Waals surface area contributed by atoms with Gasteiger partial charge in [-0.3, -0.25) is 10.1 Å². The second-order valence-corrected chi connectivity index (χ2v) is 5.32. The van der Waals surface area contributed by atoms with Crippen LogP contribution in [0.1, 0.15) is 0 Å². The van der Waals surface area contributed by atoms with Gasteiger partial charge in [-0.05, 0) is 46.3 Å². The molecule has 0 saturated heterocycles. The molecule has 0 heterocycles. The van der Waals surface area contributed by atoms with Gasteiger partial charge in [-0.25, -0.2) is 4.39 Å². The van der Waals surface area contributed by atoms with E-state index in [2.05, 4.69) is 31.9 Å². The van der Waals surface area contributed by atoms with E-state index in [-0.39, 0.29) is 15.9 Å². The van der Waals surface area contributed by atoms with Crippen LogP contribution in [0.15, 0.2) is 45.3 Å². The SMILES string of the molecule is O=[N+]([O-])c1cc(Br)ccc1Oc1ccc(F)c(Br)c1. The first-order valence-corrected chi connectivity index (χ1v) is 6.63. The van der Waals surface area contributed by atoms with Gasteiger partial charge in [-0.15, -0.1) is 0 Å². The van der Waals surface area contributed by atoms with Crippen LogP contribution in [0, 0.1) is 15.9 Å². The van der Waals surface area contributed by atoms with Gasteiger partial charge in [0.2, 0.25) is 5.75 Å². The summed E-state index contributed by atoms with van der Waals surface area (Å²) in [4.78, 5) is 10.4. The van der Waals surface area contributed by atoms with E-state index < -0.39 is 10.7 Å². The van der Waals surface area contributed by atoms with E-state index in [0.717, 1.165) is 0 Å². The van der Waals surface area contributed by atoms with Crippen LogP contribution in [0.5, 0.6) is 11.5 Å². The molecule has 19 heavy (non-hydrogen) atoms. The molecule has 0 aliphatic rings. The second kappa shape index (κ2) is 5.66. The molecule has 0 N–H and O–H groups in total. The van der Waals surface area contributed by atoms with Gasteiger partial charge in [0.15, 0.2) is 0 Å². The third kappa shape index (κ3) is 3.30. The number of nitro benzene ring substituents is 1. The zero-order valence-electron chi connectivity index (χ0n) is 9.27. The van der Waals surface area contributed by atoms with Crippen molar-refractivity contribution in [3.05, 3.63) is 61.3 Å². The molecule has 0 spiro atoms. The fraction of sp³-hybridized carbons (Fsp3) is 0. The number of nitrogens with zero attached hydrogens (tertiary/aromatic N) is 1. The van der Waals surface area contributed by atoms with E-state index in [1.165, 1.54) is 30.3 Å². The fourth-order valence-electron chi connectivity index (χ4n) is 1.39. The Hall–Kier alpha value is -1.47. The van der Waals surface area contributed by atoms with Crippen LogP contribution in [0.25, 0.3) is 0 Å². The molecule has 0 bridgehead atoms. The molecule has 98 valence electrons. The molecule has 7 heteroatoms. The predicted molar refractivity (Wildman–Crippen MR) is 75.0 cm³/mol. The lowest BCUT2D eigenvalue weighted by atomic mass is 10.3. The third-order valence-electron chi connectivity index (χ3n) is 2.24. The molecular formula is C12H6Br2FNO3. The fourth-order valence-corrected chi connectivity index (χ4v) is 2.09. The number of hydrogen-bond donors (Lipinski definition) is 0. The first-order chi connectivity index (χ1) is 8.97. The Labute approximate surface area is 124 Å². The molecule has 0 radical (unpaired) electrons. The van der Waals surface area contributed by atoms with Crippen LogP contribution in [0.3, 0.4) is 0 Å². The van der Waals surface area contributed by atoms with Crippen molar-refractivity contribution < 1.29 is 14.1 Å². The molecular weight excluding hydrogens is 385 g/mol. The second-order valence-electron chi connectivity index (χ2n) is 3.55. The number of hydrogen-bond acceptors (Lipinski definition) is 3. The lowest BCUT2D eigenvalue weighted by Gasteiger charge is -2.07. The molecule has 2 aromatic carbocycles. The van der Waals surface area contributed by atoms with Crippen molar-refractivity contribution in [2.24, 2.45) is 0 Å². The molecule has 2 aromatic rings. The largest absolute Gasteiger partial charge is 0.450 e. The molecule has 0 aliphatic heterocycles. The number of benzene rings is 2. The topological polar surface area (TPSA) is 52.4 Å². The van der Waals surface area contributed by atoms with Crippen LogP contribution in [-0.2, 0) is 0 Å². The molecule has 2 rings (SSSR count). The molecule has 0 aliphatic carbocycles. The van der Waals surface area contributed by atoms with Gasteiger partial charge in [0, 0.05) is 10.5 Å². The van der Waals surface area contributed by atoms with Gasteiger partial charge in [0.25, 0.3) is 0 Å². The normalized spacial score (nSPS) is 10.3. The number of halogens is 3. The summed E-state index contributed by atoms with van der Waals surface area (Å²) in [6.45, 7) is 0. The lowest BCUT2D eigenvalue weighted by Crippen LogP contribution is -1.93. The Balaban J connectivity index is 2.37. The Bertz CT molecular complexity index is 649. The molecule has 0 fully saturated rings. The molecule has 4 nitrogen and oxygen atoms in total. The quantitative estimate of drug-likeness (QED) is 0.544. The minimum absolute atomic E-state index is 0.0895. The van der Waals surface area contributed by atoms with Gasteiger partial charge < -0.3 is 4.74 Å². The van der Waals surface area contributed by atoms with Gasteiger partial charge in [-0.1, -0.05) is 15.9 Å². The highest BCUT2D eigenvalue weighted by Gasteiger charge is 2.16. The predicted octanol–water partition coefficient (Wildman–Crippen LogP) is 5.05. The highest BCUT2D eigenvalue weighted by Crippen LogP contribution is 2.34. The van der Waals surface area contributed by atoms with E-state index in [1.54, 1.807) is 6.07 Å². The molecule has 0 atom stereocenters. The van der Waals surface area contributed by atoms with Crippen LogP contribution < -0.4 is 4.74 Å². The van der Waals surface area contributed by atoms with Crippen LogP contribution in [0.4, 0.5) is 10.1 Å². The van der Waals surface area contributed by atoms with Crippen molar-refractivity contribution >= 4 is 37.5 Å². The van der Waals surface area contributed by atoms with Crippen LogP contribution in [0.2, 0.25) is 0 Å². The number of nitro groups is 1. The first kappa shape index (κ1) is 14.0. The summed E-state index contributed by atoms with van der Waals surface area (Å²) in [5.74, 6) is -0.0388. The van der Waals surface area contributed by atoms with Gasteiger partial charge in [0.1, 0.15) is 11.6 Å². The Morgan fingerprint density at radius 3 is 2.53 bits per heavy atom. The third-order valence-corrected chi connectivity index (χ3v) is 3.34. The first-order valence-electron chi connectivity index (χ1n) is 5.04. The molecule has 0 aromatic heterocycles. The summed E-state index contributed by atoms with van der Waals surface area (Å²) in [7, 11) is 0. The van der Waals surface area contributed by atoms with Gasteiger partial charge in [-0.2, -0.15) is 0 Å². The average molecular weight is 391 g/mol. The van der Waals surface area contributed by atoms with E-state index in [4.69, 9.17) is 4.74 Å². The molecule has 0 amide bonds. The summed E-state index contributed by atoms with van der Waals surface area (Å²) >= 11 is 6.18. The van der Waals surface area contributed by atoms with E-state index in [1.807, 2.05) is 0 Å². The smallest absolute Gasteiger partial charge is 0.312 e.